The summed E-state index contributed by atoms with van der Waals surface area (Å²) in [6.07, 6.45) is -3.01. The molecule has 1 nitrogen and oxygen atoms in total. The van der Waals surface area contributed by atoms with Gasteiger partial charge in [-0.15, -0.1) is 0 Å². The zero-order chi connectivity index (χ0) is 16.1. The lowest BCUT2D eigenvalue weighted by Gasteiger charge is -2.38. The van der Waals surface area contributed by atoms with Crippen LogP contribution in [0.2, 0.25) is 18.1 Å². The van der Waals surface area contributed by atoms with Crippen LogP contribution in [0, 0.1) is 0 Å². The first-order chi connectivity index (χ1) is 9.42. The Morgan fingerprint density at radius 1 is 1.05 bits per heavy atom. The molecule has 0 amide bonds. The van der Waals surface area contributed by atoms with E-state index in [0.717, 1.165) is 10.9 Å². The van der Waals surface area contributed by atoms with Crippen molar-refractivity contribution in [3.63, 3.8) is 0 Å². The molecule has 2 aromatic rings. The fourth-order valence-corrected chi connectivity index (χ4v) is 4.33. The first-order valence-electron chi connectivity index (χ1n) is 7.09. The Kier molecular flexibility index (Phi) is 3.77. The topological polar surface area (TPSA) is 4.93 Å². The quantitative estimate of drug-likeness (QED) is 0.636. The predicted octanol–water partition coefficient (Wildman–Crippen LogP) is 5.60. The maximum atomic E-state index is 12.6. The number of hydrogen-bond donors (Lipinski definition) is 0. The molecule has 21 heavy (non-hydrogen) atoms. The summed E-state index contributed by atoms with van der Waals surface area (Å²) >= 11 is 0. The van der Waals surface area contributed by atoms with Gasteiger partial charge in [-0.3, -0.25) is 0 Å². The standard InChI is InChI=1S/C16H22F3NSi/c1-15(2,3)21(4,5)20-9-8-13-7-6-12(10-14(13)20)11-16(17,18)19/h6-10H,11H2,1-5H3. The summed E-state index contributed by atoms with van der Waals surface area (Å²) < 4.78 is 40.0. The Morgan fingerprint density at radius 3 is 2.19 bits per heavy atom. The van der Waals surface area contributed by atoms with Crippen LogP contribution in [0.1, 0.15) is 26.3 Å². The van der Waals surface area contributed by atoms with Crippen LogP contribution in [0.25, 0.3) is 10.9 Å². The molecule has 0 bridgehead atoms. The summed E-state index contributed by atoms with van der Waals surface area (Å²) in [6, 6.07) is 7.06. The third-order valence-corrected chi connectivity index (χ3v) is 9.87. The van der Waals surface area contributed by atoms with Crippen molar-refractivity contribution in [2.45, 2.75) is 51.5 Å². The molecule has 0 spiro atoms. The lowest BCUT2D eigenvalue weighted by atomic mass is 10.1. The molecule has 1 aromatic carbocycles. The van der Waals surface area contributed by atoms with E-state index in [2.05, 4.69) is 38.1 Å². The molecule has 1 aromatic heterocycles. The zero-order valence-electron chi connectivity index (χ0n) is 13.2. The molecule has 0 saturated carbocycles. The Hall–Kier alpha value is -1.23. The molecule has 1 heterocycles. The third kappa shape index (κ3) is 3.17. The Labute approximate surface area is 124 Å². The maximum absolute atomic E-state index is 12.6. The first-order valence-corrected chi connectivity index (χ1v) is 10.0. The van der Waals surface area contributed by atoms with Crippen LogP contribution in [0.4, 0.5) is 13.2 Å². The minimum atomic E-state index is -4.16. The Balaban J connectivity index is 2.54. The van der Waals surface area contributed by atoms with E-state index in [1.165, 1.54) is 0 Å². The lowest BCUT2D eigenvalue weighted by molar-refractivity contribution is -0.127. The van der Waals surface area contributed by atoms with Gasteiger partial charge < -0.3 is 4.23 Å². The van der Waals surface area contributed by atoms with Gasteiger partial charge in [-0.1, -0.05) is 46.0 Å². The molecule has 2 rings (SSSR count). The van der Waals surface area contributed by atoms with Crippen molar-refractivity contribution in [1.82, 2.24) is 4.23 Å². The van der Waals surface area contributed by atoms with Crippen LogP contribution in [0.5, 0.6) is 0 Å². The molecule has 116 valence electrons. The van der Waals surface area contributed by atoms with Crippen LogP contribution in [-0.2, 0) is 6.42 Å². The summed E-state index contributed by atoms with van der Waals surface area (Å²) in [7, 11) is -1.84. The normalized spacial score (nSPS) is 13.9. The number of nitrogens with zero attached hydrogens (tertiary/aromatic N) is 1. The number of halogens is 3. The van der Waals surface area contributed by atoms with Gasteiger partial charge in [-0.05, 0) is 34.3 Å². The van der Waals surface area contributed by atoms with Crippen molar-refractivity contribution in [3.05, 3.63) is 36.0 Å². The average Bonchev–Trinajstić information content (AvgIpc) is 2.68. The van der Waals surface area contributed by atoms with Gasteiger partial charge >= 0.3 is 6.18 Å². The highest BCUT2D eigenvalue weighted by atomic mass is 28.3. The van der Waals surface area contributed by atoms with Crippen LogP contribution < -0.4 is 0 Å². The van der Waals surface area contributed by atoms with E-state index < -0.39 is 20.8 Å². The van der Waals surface area contributed by atoms with Gasteiger partial charge in [0.1, 0.15) is 0 Å². The fraction of sp³-hybridized carbons (Fsp3) is 0.500. The van der Waals surface area contributed by atoms with Crippen molar-refractivity contribution in [1.29, 1.82) is 0 Å². The van der Waals surface area contributed by atoms with Gasteiger partial charge in [0.05, 0.1) is 6.42 Å². The molecule has 5 heteroatoms. The first kappa shape index (κ1) is 16.1. The smallest absolute Gasteiger partial charge is 0.374 e. The highest BCUT2D eigenvalue weighted by Crippen LogP contribution is 2.39. The van der Waals surface area contributed by atoms with E-state index in [1.54, 1.807) is 18.2 Å². The Morgan fingerprint density at radius 2 is 1.67 bits per heavy atom. The van der Waals surface area contributed by atoms with Gasteiger partial charge in [0.2, 0.25) is 0 Å². The minimum absolute atomic E-state index is 0.124. The summed E-state index contributed by atoms with van der Waals surface area (Å²) in [5.41, 5.74) is 1.25. The van der Waals surface area contributed by atoms with E-state index in [0.29, 0.717) is 5.56 Å². The van der Waals surface area contributed by atoms with Gasteiger partial charge in [0.15, 0.2) is 8.24 Å². The zero-order valence-corrected chi connectivity index (χ0v) is 14.2. The maximum Gasteiger partial charge on any atom is 0.393 e. The number of hydrogen-bond acceptors (Lipinski definition) is 0. The van der Waals surface area contributed by atoms with Crippen LogP contribution in [-0.4, -0.2) is 18.6 Å². The SMILES string of the molecule is CC(C)(C)[Si](C)(C)n1ccc2ccc(CC(F)(F)F)cc21. The summed E-state index contributed by atoms with van der Waals surface area (Å²) in [5, 5.41) is 1.13. The van der Waals surface area contributed by atoms with Crippen molar-refractivity contribution < 1.29 is 13.2 Å². The average molecular weight is 313 g/mol. The summed E-state index contributed by atoms with van der Waals surface area (Å²) in [5.74, 6) is 0. The molecule has 0 unspecified atom stereocenters. The number of aromatic nitrogens is 1. The van der Waals surface area contributed by atoms with Crippen LogP contribution >= 0.6 is 0 Å². The summed E-state index contributed by atoms with van der Waals surface area (Å²) in [6.45, 7) is 11.1. The largest absolute Gasteiger partial charge is 0.393 e. The van der Waals surface area contributed by atoms with Crippen molar-refractivity contribution in [2.75, 3.05) is 0 Å². The number of alkyl halides is 3. The van der Waals surface area contributed by atoms with Crippen molar-refractivity contribution in [3.8, 4) is 0 Å². The second-order valence-electron chi connectivity index (χ2n) is 7.18. The molecule has 0 radical (unpaired) electrons. The predicted molar refractivity (Wildman–Crippen MR) is 84.3 cm³/mol. The van der Waals surface area contributed by atoms with E-state index in [4.69, 9.17) is 0 Å². The number of rotatable bonds is 2. The third-order valence-electron chi connectivity index (χ3n) is 4.60. The van der Waals surface area contributed by atoms with Gasteiger partial charge in [0.25, 0.3) is 0 Å². The molecular weight excluding hydrogens is 291 g/mol. The molecular formula is C16H22F3NSi. The second-order valence-corrected chi connectivity index (χ2v) is 12.3. The van der Waals surface area contributed by atoms with Crippen LogP contribution in [0.3, 0.4) is 0 Å². The molecule has 0 N–H and O–H groups in total. The van der Waals surface area contributed by atoms with E-state index in [9.17, 15) is 13.2 Å². The van der Waals surface area contributed by atoms with E-state index in [-0.39, 0.29) is 5.04 Å². The lowest BCUT2D eigenvalue weighted by Crippen LogP contribution is -2.44. The number of fused-ring (bicyclic) bond motifs is 1. The minimum Gasteiger partial charge on any atom is -0.374 e. The highest BCUT2D eigenvalue weighted by molar-refractivity contribution is 6.79. The van der Waals surface area contributed by atoms with Gasteiger partial charge in [-0.25, -0.2) is 0 Å². The molecule has 0 atom stereocenters. The molecule has 0 fully saturated rings. The van der Waals surface area contributed by atoms with Crippen LogP contribution in [0.15, 0.2) is 30.5 Å². The monoisotopic (exact) mass is 313 g/mol. The van der Waals surface area contributed by atoms with Gasteiger partial charge in [-0.2, -0.15) is 13.2 Å². The molecule has 0 aliphatic heterocycles. The molecule has 0 aliphatic carbocycles. The van der Waals surface area contributed by atoms with E-state index >= 15 is 0 Å². The highest BCUT2D eigenvalue weighted by Gasteiger charge is 2.38. The fourth-order valence-electron chi connectivity index (χ4n) is 2.36. The second kappa shape index (κ2) is 4.90. The van der Waals surface area contributed by atoms with Gasteiger partial charge in [0, 0.05) is 5.52 Å². The molecule has 0 aliphatic rings. The van der Waals surface area contributed by atoms with Crippen molar-refractivity contribution in [2.24, 2.45) is 0 Å². The number of benzene rings is 1. The summed E-state index contributed by atoms with van der Waals surface area (Å²) in [4.78, 5) is 0. The van der Waals surface area contributed by atoms with E-state index in [1.807, 2.05) is 12.3 Å². The molecule has 0 saturated heterocycles. The van der Waals surface area contributed by atoms with Crippen molar-refractivity contribution >= 4 is 19.1 Å². The Bertz CT molecular complexity index is 648.